The van der Waals surface area contributed by atoms with E-state index in [-0.39, 0.29) is 29.7 Å². The topological polar surface area (TPSA) is 178 Å². The number of nitrogens with zero attached hydrogens (tertiary/aromatic N) is 2. The third-order valence-corrected chi connectivity index (χ3v) is 9.47. The number of fused-ring (bicyclic) bond motifs is 3. The van der Waals surface area contributed by atoms with Crippen molar-refractivity contribution in [3.05, 3.63) is 58.3 Å². The van der Waals surface area contributed by atoms with E-state index in [0.717, 1.165) is 43.5 Å². The van der Waals surface area contributed by atoms with Gasteiger partial charge in [0.1, 0.15) is 22.8 Å². The number of likely N-dealkylation sites (tertiary alicyclic amines) is 1. The number of amides is 1. The number of furan rings is 1. The van der Waals surface area contributed by atoms with Crippen molar-refractivity contribution in [2.24, 2.45) is 17.6 Å². The maximum Gasteiger partial charge on any atom is 0.255 e. The molecule has 0 bridgehead atoms. The largest absolute Gasteiger partial charge is 0.508 e. The lowest BCUT2D eigenvalue weighted by Gasteiger charge is -2.50. The number of hydrogen-bond acceptors (Lipinski definition) is 10. The minimum Gasteiger partial charge on any atom is -0.508 e. The van der Waals surface area contributed by atoms with E-state index in [0.29, 0.717) is 17.7 Å². The number of primary amides is 1. The number of ketones is 2. The molecule has 236 valence electrons. The van der Waals surface area contributed by atoms with Crippen LogP contribution in [0, 0.1) is 11.8 Å². The molecular formula is C32H38IN3O8. The van der Waals surface area contributed by atoms with Crippen molar-refractivity contribution >= 4 is 45.8 Å². The van der Waals surface area contributed by atoms with Crippen molar-refractivity contribution in [1.82, 2.24) is 9.80 Å². The predicted molar refractivity (Wildman–Crippen MR) is 171 cm³/mol. The van der Waals surface area contributed by atoms with Gasteiger partial charge in [0, 0.05) is 29.2 Å². The third kappa shape index (κ3) is 4.95. The zero-order chi connectivity index (χ0) is 32.1. The molecule has 1 saturated heterocycles. The zero-order valence-corrected chi connectivity index (χ0v) is 27.1. The van der Waals surface area contributed by atoms with E-state index in [1.165, 1.54) is 11.2 Å². The number of aliphatic hydroxyl groups excluding tert-OH is 2. The molecule has 1 aromatic carbocycles. The van der Waals surface area contributed by atoms with Crippen LogP contribution in [0.2, 0.25) is 0 Å². The fraction of sp³-hybridized carbons (Fsp3) is 0.469. The summed E-state index contributed by atoms with van der Waals surface area (Å²) in [6, 6.07) is 2.55. The molecule has 1 aliphatic heterocycles. The summed E-state index contributed by atoms with van der Waals surface area (Å²) in [4.78, 5) is 45.4. The molecule has 3 aliphatic carbocycles. The Balaban J connectivity index is 0.00000188. The van der Waals surface area contributed by atoms with Gasteiger partial charge in [-0.05, 0) is 87.0 Å². The van der Waals surface area contributed by atoms with Crippen molar-refractivity contribution < 1.29 is 39.2 Å². The molecule has 4 atom stereocenters. The number of phenolic OH excluding ortho intramolecular Hbond substituents is 1. The highest BCUT2D eigenvalue weighted by molar-refractivity contribution is 14.1. The van der Waals surface area contributed by atoms with Crippen molar-refractivity contribution in [2.45, 2.75) is 50.3 Å². The van der Waals surface area contributed by atoms with Crippen molar-refractivity contribution in [3.8, 4) is 16.9 Å². The van der Waals surface area contributed by atoms with Crippen molar-refractivity contribution in [2.75, 3.05) is 32.1 Å². The van der Waals surface area contributed by atoms with Crippen molar-refractivity contribution in [3.63, 3.8) is 0 Å². The van der Waals surface area contributed by atoms with Crippen LogP contribution in [0.1, 0.15) is 42.4 Å². The fourth-order valence-corrected chi connectivity index (χ4v) is 7.52. The van der Waals surface area contributed by atoms with E-state index < -0.39 is 58.0 Å². The lowest BCUT2D eigenvalue weighted by Crippen LogP contribution is -2.65. The first-order valence-electron chi connectivity index (χ1n) is 14.6. The molecule has 1 saturated carbocycles. The van der Waals surface area contributed by atoms with Gasteiger partial charge in [-0.25, -0.2) is 0 Å². The standard InChI is InChI=1S/C31H35N3O8.CH3I/c1-33(2)24-20-12-16-10-19-18(15-6-9-42-14-15)11-17(13-34-7-4-3-5-8-34)25(35)22(19)26(36)21(16)28(38)31(20,41)29(39)23(27(24)37)30(32)40;1-2/h6,9,11,14,16,20,24,35-36,39,41H,3-5,7-8,10,12-13H2,1-2H3,(H2,32,40);1H3/t16-,20-,24-,31-;/m0./s1. The number of likely N-dealkylation sites (N-methyl/N-ethyl adjacent to an activating group) is 1. The number of alkyl halides is 1. The summed E-state index contributed by atoms with van der Waals surface area (Å²) in [5.74, 6) is -6.58. The molecule has 2 fully saturated rings. The Bertz CT molecular complexity index is 1560. The van der Waals surface area contributed by atoms with Crippen LogP contribution < -0.4 is 5.73 Å². The number of aliphatic hydroxyl groups is 3. The summed E-state index contributed by atoms with van der Waals surface area (Å²) in [6.45, 7) is 2.19. The molecule has 0 radical (unpaired) electrons. The molecule has 0 spiro atoms. The molecule has 4 aliphatic rings. The van der Waals surface area contributed by atoms with Gasteiger partial charge in [-0.2, -0.15) is 0 Å². The van der Waals surface area contributed by atoms with E-state index in [1.807, 2.05) is 11.0 Å². The van der Waals surface area contributed by atoms with Crippen LogP contribution in [0.4, 0.5) is 0 Å². The Morgan fingerprint density at radius 3 is 2.43 bits per heavy atom. The number of phenols is 1. The molecule has 2 aromatic rings. The first-order chi connectivity index (χ1) is 21.0. The van der Waals surface area contributed by atoms with Crippen LogP contribution in [0.25, 0.3) is 16.9 Å². The number of benzene rings is 1. The molecule has 0 unspecified atom stereocenters. The maximum atomic E-state index is 14.2. The van der Waals surface area contributed by atoms with Gasteiger partial charge in [0.25, 0.3) is 5.91 Å². The second kappa shape index (κ2) is 12.3. The lowest BCUT2D eigenvalue weighted by molar-refractivity contribution is -0.153. The van der Waals surface area contributed by atoms with Crippen LogP contribution in [-0.4, -0.2) is 91.5 Å². The summed E-state index contributed by atoms with van der Waals surface area (Å²) < 4.78 is 5.36. The zero-order valence-electron chi connectivity index (χ0n) is 25.0. The summed E-state index contributed by atoms with van der Waals surface area (Å²) in [6.07, 6.45) is 6.60. The Labute approximate surface area is 269 Å². The van der Waals surface area contributed by atoms with Crippen LogP contribution >= 0.6 is 22.6 Å². The SMILES string of the molecule is CI.CN(C)[C@@H]1C(=O)C(C(N)=O)=C(O)[C@@]2(O)C(=O)C3=C(O)c4c(O)c(CN5CCCCC5)cc(-c5ccoc5)c4C[C@H]3C[C@@H]12. The number of nitrogens with two attached hydrogens (primary N) is 1. The van der Waals surface area contributed by atoms with E-state index in [4.69, 9.17) is 10.2 Å². The second-order valence-corrected chi connectivity index (χ2v) is 12.1. The number of hydrogen-bond donors (Lipinski definition) is 5. The highest BCUT2D eigenvalue weighted by Crippen LogP contribution is 2.54. The van der Waals surface area contributed by atoms with Gasteiger partial charge in [-0.3, -0.25) is 24.2 Å². The molecular weight excluding hydrogens is 681 g/mol. The Kier molecular flexibility index (Phi) is 9.00. The minimum atomic E-state index is -2.67. The number of carbonyl (C=O) groups excluding carboxylic acids is 3. The van der Waals surface area contributed by atoms with Gasteiger partial charge < -0.3 is 30.6 Å². The Morgan fingerprint density at radius 1 is 1.16 bits per heavy atom. The van der Waals surface area contributed by atoms with Gasteiger partial charge in [0.15, 0.2) is 11.4 Å². The minimum absolute atomic E-state index is 0.0346. The number of carbonyl (C=O) groups is 3. The summed E-state index contributed by atoms with van der Waals surface area (Å²) in [5, 5.41) is 46.2. The Morgan fingerprint density at radius 2 is 1.84 bits per heavy atom. The third-order valence-electron chi connectivity index (χ3n) is 9.47. The molecule has 2 heterocycles. The number of aromatic hydroxyl groups is 1. The predicted octanol–water partition coefficient (Wildman–Crippen LogP) is 3.26. The van der Waals surface area contributed by atoms with Gasteiger partial charge in [0.05, 0.1) is 24.1 Å². The van der Waals surface area contributed by atoms with Crippen LogP contribution in [0.5, 0.6) is 5.75 Å². The summed E-state index contributed by atoms with van der Waals surface area (Å²) in [5.41, 5.74) is 4.52. The fourth-order valence-electron chi connectivity index (χ4n) is 7.52. The highest BCUT2D eigenvalue weighted by atomic mass is 127. The molecule has 11 nitrogen and oxygen atoms in total. The molecule has 1 amide bonds. The van der Waals surface area contributed by atoms with E-state index in [1.54, 1.807) is 26.4 Å². The van der Waals surface area contributed by atoms with Gasteiger partial charge in [0.2, 0.25) is 5.78 Å². The first-order valence-corrected chi connectivity index (χ1v) is 16.8. The van der Waals surface area contributed by atoms with E-state index >= 15 is 0 Å². The number of halogens is 1. The summed E-state index contributed by atoms with van der Waals surface area (Å²) >= 11 is 2.15. The quantitative estimate of drug-likeness (QED) is 0.175. The maximum absolute atomic E-state index is 14.2. The number of Topliss-reactive ketones (excluding diaryl/α,β-unsaturated/α-hetero) is 2. The normalized spacial score (nSPS) is 27.0. The van der Waals surface area contributed by atoms with E-state index in [9.17, 15) is 34.8 Å². The monoisotopic (exact) mass is 719 g/mol. The molecule has 44 heavy (non-hydrogen) atoms. The molecule has 1 aromatic heterocycles. The van der Waals surface area contributed by atoms with Crippen LogP contribution in [0.15, 0.2) is 46.0 Å². The van der Waals surface area contributed by atoms with Gasteiger partial charge in [-0.15, -0.1) is 0 Å². The summed E-state index contributed by atoms with van der Waals surface area (Å²) in [7, 11) is 3.15. The number of rotatable bonds is 5. The average molecular weight is 720 g/mol. The van der Waals surface area contributed by atoms with Gasteiger partial charge in [-0.1, -0.05) is 29.0 Å². The first kappa shape index (κ1) is 32.2. The van der Waals surface area contributed by atoms with Gasteiger partial charge >= 0.3 is 0 Å². The van der Waals surface area contributed by atoms with E-state index in [2.05, 4.69) is 27.5 Å². The highest BCUT2D eigenvalue weighted by Gasteiger charge is 2.64. The second-order valence-electron chi connectivity index (χ2n) is 12.1. The lowest BCUT2D eigenvalue weighted by atomic mass is 9.57. The Hall–Kier alpha value is -3.20. The molecule has 6 N–H and O–H groups in total. The van der Waals surface area contributed by atoms with Crippen LogP contribution in [0.3, 0.4) is 0 Å². The molecule has 12 heteroatoms. The van der Waals surface area contributed by atoms with Crippen LogP contribution in [-0.2, 0) is 27.3 Å². The average Bonchev–Trinajstić information content (AvgIpc) is 3.52. The number of piperidine rings is 1. The molecule has 6 rings (SSSR count). The van der Waals surface area contributed by atoms with Crippen molar-refractivity contribution in [1.29, 1.82) is 0 Å². The smallest absolute Gasteiger partial charge is 0.255 e.